The first-order valence-electron chi connectivity index (χ1n) is 5.40. The lowest BCUT2D eigenvalue weighted by atomic mass is 10.2. The predicted molar refractivity (Wildman–Crippen MR) is 67.7 cm³/mol. The molecule has 0 aromatic carbocycles. The van der Waals surface area contributed by atoms with Crippen LogP contribution in [0.25, 0.3) is 0 Å². The number of nitrogens with one attached hydrogen (secondary N) is 1. The topological polar surface area (TPSA) is 79.3 Å². The van der Waals surface area contributed by atoms with E-state index < -0.39 is 0 Å². The molecule has 1 rings (SSSR count). The molecule has 0 fully saturated rings. The van der Waals surface area contributed by atoms with E-state index in [-0.39, 0.29) is 22.8 Å². The lowest BCUT2D eigenvalue weighted by Crippen LogP contribution is -2.53. The van der Waals surface area contributed by atoms with Crippen molar-refractivity contribution in [3.05, 3.63) is 6.20 Å². The van der Waals surface area contributed by atoms with Crippen molar-refractivity contribution in [2.24, 2.45) is 5.92 Å². The summed E-state index contributed by atoms with van der Waals surface area (Å²) in [6, 6.07) is 0. The van der Waals surface area contributed by atoms with Gasteiger partial charge in [-0.15, -0.1) is 0 Å². The number of carbonyl (C=O) groups is 2. The van der Waals surface area contributed by atoms with E-state index in [4.69, 9.17) is 4.52 Å². The SMILES string of the molecule is CC(=O)SC[C@@H](C)C(=O)Nc1c[n+](N(C)C)no1. The molecule has 18 heavy (non-hydrogen) atoms. The van der Waals surface area contributed by atoms with Crippen molar-refractivity contribution in [1.82, 2.24) is 5.27 Å². The molecule has 1 aromatic heterocycles. The monoisotopic (exact) mass is 273 g/mol. The van der Waals surface area contributed by atoms with E-state index in [1.54, 1.807) is 32.2 Å². The van der Waals surface area contributed by atoms with Gasteiger partial charge in [0.05, 0.1) is 18.9 Å². The van der Waals surface area contributed by atoms with Gasteiger partial charge < -0.3 is 0 Å². The van der Waals surface area contributed by atoms with Crippen molar-refractivity contribution in [2.75, 3.05) is 30.2 Å². The molecule has 1 aromatic rings. The average Bonchev–Trinajstić information content (AvgIpc) is 2.74. The Morgan fingerprint density at radius 2 is 2.28 bits per heavy atom. The zero-order chi connectivity index (χ0) is 13.7. The van der Waals surface area contributed by atoms with E-state index in [0.29, 0.717) is 5.75 Å². The molecule has 8 heteroatoms. The van der Waals surface area contributed by atoms with Crippen LogP contribution in [-0.4, -0.2) is 36.1 Å². The number of thioether (sulfide) groups is 1. The third-order valence-electron chi connectivity index (χ3n) is 2.10. The molecule has 1 atom stereocenters. The highest BCUT2D eigenvalue weighted by molar-refractivity contribution is 8.13. The average molecular weight is 273 g/mol. The number of carbonyl (C=O) groups excluding carboxylic acids is 2. The normalized spacial score (nSPS) is 12.0. The van der Waals surface area contributed by atoms with Gasteiger partial charge in [0.1, 0.15) is 0 Å². The minimum atomic E-state index is -0.281. The summed E-state index contributed by atoms with van der Waals surface area (Å²) < 4.78 is 4.94. The second kappa shape index (κ2) is 6.39. The molecule has 7 nitrogen and oxygen atoms in total. The van der Waals surface area contributed by atoms with Crippen molar-refractivity contribution in [3.8, 4) is 0 Å². The fourth-order valence-electron chi connectivity index (χ4n) is 1.04. The molecule has 0 aliphatic carbocycles. The number of rotatable bonds is 5. The van der Waals surface area contributed by atoms with Crippen LogP contribution < -0.4 is 15.1 Å². The van der Waals surface area contributed by atoms with Crippen molar-refractivity contribution in [2.45, 2.75) is 13.8 Å². The lowest BCUT2D eigenvalue weighted by molar-refractivity contribution is -0.753. The Labute approximate surface area is 109 Å². The molecule has 0 bridgehead atoms. The number of hydrogen-bond donors (Lipinski definition) is 1. The van der Waals surface area contributed by atoms with E-state index in [9.17, 15) is 9.59 Å². The molecule has 0 aliphatic heterocycles. The Morgan fingerprint density at radius 3 is 2.78 bits per heavy atom. The summed E-state index contributed by atoms with van der Waals surface area (Å²) in [6.07, 6.45) is 1.56. The second-order valence-electron chi connectivity index (χ2n) is 4.03. The standard InChI is InChI=1S/C10H16N4O3S/c1-7(6-18-8(2)15)10(16)11-9-5-14(12-17-9)13(3)4/h5,7H,6H2,1-4H3/p+1/t7-/m1/s1. The van der Waals surface area contributed by atoms with Gasteiger partial charge in [-0.3, -0.25) is 19.4 Å². The van der Waals surface area contributed by atoms with E-state index in [1.807, 2.05) is 0 Å². The fourth-order valence-corrected chi connectivity index (χ4v) is 1.68. The van der Waals surface area contributed by atoms with Gasteiger partial charge in [-0.05, 0) is 0 Å². The Morgan fingerprint density at radius 1 is 1.61 bits per heavy atom. The quantitative estimate of drug-likeness (QED) is 0.762. The highest BCUT2D eigenvalue weighted by Crippen LogP contribution is 2.11. The van der Waals surface area contributed by atoms with Gasteiger partial charge in [-0.1, -0.05) is 18.7 Å². The zero-order valence-electron chi connectivity index (χ0n) is 10.8. The second-order valence-corrected chi connectivity index (χ2v) is 5.22. The van der Waals surface area contributed by atoms with E-state index >= 15 is 0 Å². The molecule has 0 saturated heterocycles. The molecule has 0 saturated carbocycles. The summed E-state index contributed by atoms with van der Waals surface area (Å²) in [5.74, 6) is 0.235. The Kier molecular flexibility index (Phi) is 5.14. The highest BCUT2D eigenvalue weighted by atomic mass is 32.2. The maximum absolute atomic E-state index is 11.8. The Balaban J connectivity index is 2.50. The minimum absolute atomic E-state index is 0.000218. The van der Waals surface area contributed by atoms with Gasteiger partial charge in [0.2, 0.25) is 11.2 Å². The maximum atomic E-state index is 11.8. The van der Waals surface area contributed by atoms with Crippen LogP contribution in [0.5, 0.6) is 0 Å². The molecule has 0 aliphatic rings. The smallest absolute Gasteiger partial charge is 0.289 e. The summed E-state index contributed by atoms with van der Waals surface area (Å²) in [6.45, 7) is 3.23. The molecule has 1 amide bonds. The third-order valence-corrected chi connectivity index (χ3v) is 3.17. The first-order valence-corrected chi connectivity index (χ1v) is 6.39. The van der Waals surface area contributed by atoms with Crippen LogP contribution in [0.15, 0.2) is 10.7 Å². The van der Waals surface area contributed by atoms with Crippen molar-refractivity contribution in [1.29, 1.82) is 0 Å². The molecular formula is C10H17N4O3S+. The number of aromatic nitrogens is 2. The number of anilines is 1. The van der Waals surface area contributed by atoms with Crippen LogP contribution in [0.1, 0.15) is 13.8 Å². The Hall–Kier alpha value is -1.57. The van der Waals surface area contributed by atoms with E-state index in [1.165, 1.54) is 11.7 Å². The summed E-state index contributed by atoms with van der Waals surface area (Å²) in [7, 11) is 3.58. The number of hydrogen-bond acceptors (Lipinski definition) is 6. The van der Waals surface area contributed by atoms with Gasteiger partial charge in [-0.25, -0.2) is 0 Å². The maximum Gasteiger partial charge on any atom is 0.305 e. The minimum Gasteiger partial charge on any atom is -0.289 e. The summed E-state index contributed by atoms with van der Waals surface area (Å²) >= 11 is 1.13. The summed E-state index contributed by atoms with van der Waals surface area (Å²) in [5.41, 5.74) is 0. The van der Waals surface area contributed by atoms with Crippen LogP contribution in [0.4, 0.5) is 5.88 Å². The van der Waals surface area contributed by atoms with Crippen LogP contribution >= 0.6 is 11.8 Å². The van der Waals surface area contributed by atoms with Gasteiger partial charge in [0.15, 0.2) is 5.12 Å². The lowest BCUT2D eigenvalue weighted by Gasteiger charge is -2.07. The summed E-state index contributed by atoms with van der Waals surface area (Å²) in [5, 5.41) is 7.98. The van der Waals surface area contributed by atoms with Crippen LogP contribution in [0, 0.1) is 5.92 Å². The van der Waals surface area contributed by atoms with Crippen LogP contribution in [-0.2, 0) is 9.59 Å². The van der Waals surface area contributed by atoms with Crippen molar-refractivity contribution >= 4 is 28.7 Å². The molecular weight excluding hydrogens is 256 g/mol. The van der Waals surface area contributed by atoms with Gasteiger partial charge in [0, 0.05) is 18.6 Å². The van der Waals surface area contributed by atoms with Crippen molar-refractivity contribution < 1.29 is 18.9 Å². The van der Waals surface area contributed by atoms with Crippen LogP contribution in [0.2, 0.25) is 0 Å². The molecule has 1 N–H and O–H groups in total. The number of amides is 1. The Bertz CT molecular complexity index is 433. The summed E-state index contributed by atoms with van der Waals surface area (Å²) in [4.78, 5) is 24.0. The first kappa shape index (κ1) is 14.5. The fraction of sp³-hybridized carbons (Fsp3) is 0.600. The zero-order valence-corrected chi connectivity index (χ0v) is 11.7. The first-order chi connectivity index (χ1) is 8.40. The molecule has 100 valence electrons. The van der Waals surface area contributed by atoms with Gasteiger partial charge >= 0.3 is 5.88 Å². The molecule has 1 heterocycles. The van der Waals surface area contributed by atoms with Crippen molar-refractivity contribution in [3.63, 3.8) is 0 Å². The predicted octanol–water partition coefficient (Wildman–Crippen LogP) is 0.0140. The molecule has 0 radical (unpaired) electrons. The molecule has 0 unspecified atom stereocenters. The highest BCUT2D eigenvalue weighted by Gasteiger charge is 2.19. The number of nitrogens with zero attached hydrogens (tertiary/aromatic N) is 3. The van der Waals surface area contributed by atoms with Crippen LogP contribution in [0.3, 0.4) is 0 Å². The van der Waals surface area contributed by atoms with E-state index in [2.05, 4.69) is 10.6 Å². The van der Waals surface area contributed by atoms with Gasteiger partial charge in [0.25, 0.3) is 6.20 Å². The van der Waals surface area contributed by atoms with E-state index in [0.717, 1.165) is 11.8 Å². The van der Waals surface area contributed by atoms with Gasteiger partial charge in [-0.2, -0.15) is 5.01 Å². The third kappa shape index (κ3) is 4.36. The largest absolute Gasteiger partial charge is 0.305 e. The molecule has 0 spiro atoms.